The van der Waals surface area contributed by atoms with Crippen molar-refractivity contribution in [2.75, 3.05) is 6.61 Å². The third kappa shape index (κ3) is 6.53. The highest BCUT2D eigenvalue weighted by molar-refractivity contribution is 5.91. The molecule has 13 nitrogen and oxygen atoms in total. The Labute approximate surface area is 239 Å². The number of aliphatic hydroxyl groups excluding tert-OH is 1. The van der Waals surface area contributed by atoms with Gasteiger partial charge in [0.05, 0.1) is 13.0 Å². The normalized spacial score (nSPS) is 37.3. The Morgan fingerprint density at radius 3 is 2.39 bits per heavy atom. The molecule has 41 heavy (non-hydrogen) atoms. The summed E-state index contributed by atoms with van der Waals surface area (Å²) in [5.41, 5.74) is -0.780. The number of nitrogens with one attached hydrogen (secondary N) is 2. The molecule has 0 aromatic carbocycles. The molecule has 4 aliphatic heterocycles. The van der Waals surface area contributed by atoms with Crippen molar-refractivity contribution >= 4 is 23.8 Å². The predicted molar refractivity (Wildman–Crippen MR) is 140 cm³/mol. The summed E-state index contributed by atoms with van der Waals surface area (Å²) in [6.07, 6.45) is 1.49. The SMILES string of the molecule is CC(C)C[C@H](NC(=O)CCC(=O)O[C@@H]1O[C@H]2O[C@@]3(C)CC[C@H]4[C@H](C)CC[C@H]([C@@H]1C)[C@@]24OO3)C(=O)N[C@@H](CO)C(=O)O. The third-order valence-electron chi connectivity index (χ3n) is 9.06. The van der Waals surface area contributed by atoms with Crippen LogP contribution in [0.3, 0.4) is 0 Å². The second-order valence-electron chi connectivity index (χ2n) is 12.6. The van der Waals surface area contributed by atoms with Crippen LogP contribution in [0.4, 0.5) is 0 Å². The highest BCUT2D eigenvalue weighted by Crippen LogP contribution is 2.60. The maximum absolute atomic E-state index is 12.8. The molecule has 10 atom stereocenters. The molecule has 2 amide bonds. The van der Waals surface area contributed by atoms with Crippen molar-refractivity contribution in [2.24, 2.45) is 29.6 Å². The molecule has 1 aliphatic carbocycles. The van der Waals surface area contributed by atoms with Gasteiger partial charge in [-0.25, -0.2) is 14.6 Å². The molecule has 0 radical (unpaired) electrons. The van der Waals surface area contributed by atoms with Crippen LogP contribution in [0.25, 0.3) is 0 Å². The van der Waals surface area contributed by atoms with Gasteiger partial charge < -0.3 is 35.1 Å². The lowest BCUT2D eigenvalue weighted by atomic mass is 9.58. The number of carbonyl (C=O) groups is 4. The lowest BCUT2D eigenvalue weighted by Gasteiger charge is -2.59. The number of carbonyl (C=O) groups excluding carboxylic acids is 3. The van der Waals surface area contributed by atoms with E-state index >= 15 is 0 Å². The van der Waals surface area contributed by atoms with E-state index < -0.39 is 66.4 Å². The van der Waals surface area contributed by atoms with Gasteiger partial charge in [0.25, 0.3) is 0 Å². The van der Waals surface area contributed by atoms with Gasteiger partial charge >= 0.3 is 11.9 Å². The lowest BCUT2D eigenvalue weighted by molar-refractivity contribution is -0.576. The van der Waals surface area contributed by atoms with Crippen LogP contribution in [0.2, 0.25) is 0 Å². The fraction of sp³-hybridized carbons (Fsp3) is 0.857. The van der Waals surface area contributed by atoms with E-state index in [9.17, 15) is 24.3 Å². The van der Waals surface area contributed by atoms with E-state index in [1.807, 2.05) is 27.7 Å². The van der Waals surface area contributed by atoms with Crippen LogP contribution in [-0.4, -0.2) is 76.6 Å². The number of carboxylic acids is 1. The van der Waals surface area contributed by atoms with Gasteiger partial charge in [0.1, 0.15) is 12.1 Å². The second-order valence-corrected chi connectivity index (χ2v) is 12.6. The van der Waals surface area contributed by atoms with Gasteiger partial charge in [0, 0.05) is 24.7 Å². The largest absolute Gasteiger partial charge is 0.480 e. The third-order valence-corrected chi connectivity index (χ3v) is 9.06. The van der Waals surface area contributed by atoms with Crippen LogP contribution >= 0.6 is 0 Å². The molecule has 4 heterocycles. The minimum absolute atomic E-state index is 0.00198. The molecule has 5 fully saturated rings. The zero-order valence-corrected chi connectivity index (χ0v) is 24.4. The molecule has 0 unspecified atom stereocenters. The Kier molecular flexibility index (Phi) is 9.64. The minimum Gasteiger partial charge on any atom is -0.480 e. The summed E-state index contributed by atoms with van der Waals surface area (Å²) < 4.78 is 18.2. The van der Waals surface area contributed by atoms with Crippen molar-refractivity contribution in [3.63, 3.8) is 0 Å². The molecule has 2 bridgehead atoms. The summed E-state index contributed by atoms with van der Waals surface area (Å²) in [6, 6.07) is -2.52. The summed E-state index contributed by atoms with van der Waals surface area (Å²) in [4.78, 5) is 61.2. The van der Waals surface area contributed by atoms with E-state index in [4.69, 9.17) is 29.1 Å². The Morgan fingerprint density at radius 1 is 1.00 bits per heavy atom. The van der Waals surface area contributed by atoms with Gasteiger partial charge in [-0.15, -0.1) is 0 Å². The molecule has 232 valence electrons. The smallest absolute Gasteiger partial charge is 0.328 e. The average Bonchev–Trinajstić information content (AvgIpc) is 3.13. The summed E-state index contributed by atoms with van der Waals surface area (Å²) in [7, 11) is 0. The van der Waals surface area contributed by atoms with E-state index in [0.717, 1.165) is 19.3 Å². The van der Waals surface area contributed by atoms with Crippen molar-refractivity contribution in [1.29, 1.82) is 0 Å². The number of hydrogen-bond donors (Lipinski definition) is 4. The molecule has 5 rings (SSSR count). The number of esters is 1. The second kappa shape index (κ2) is 12.5. The number of rotatable bonds is 11. The van der Waals surface area contributed by atoms with Gasteiger partial charge in [0.2, 0.25) is 23.9 Å². The van der Waals surface area contributed by atoms with E-state index in [-0.39, 0.29) is 42.9 Å². The first-order valence-electron chi connectivity index (χ1n) is 14.6. The number of fused-ring (bicyclic) bond motifs is 2. The fourth-order valence-corrected chi connectivity index (χ4v) is 6.84. The zero-order chi connectivity index (χ0) is 30.1. The number of hydrogen-bond acceptors (Lipinski definition) is 10. The Hall–Kier alpha value is -2.32. The summed E-state index contributed by atoms with van der Waals surface area (Å²) >= 11 is 0. The molecule has 0 aromatic rings. The van der Waals surface area contributed by atoms with E-state index in [0.29, 0.717) is 12.3 Å². The highest BCUT2D eigenvalue weighted by atomic mass is 17.3. The molecule has 1 saturated carbocycles. The Morgan fingerprint density at radius 2 is 1.73 bits per heavy atom. The first-order chi connectivity index (χ1) is 19.3. The molecule has 0 aromatic heterocycles. The number of ether oxygens (including phenoxy) is 3. The number of amides is 2. The number of carboxylic acid groups (broad SMARTS) is 1. The summed E-state index contributed by atoms with van der Waals surface area (Å²) in [5, 5.41) is 23.1. The molecule has 5 aliphatic rings. The molecule has 4 N–H and O–H groups in total. The van der Waals surface area contributed by atoms with Crippen LogP contribution in [0.1, 0.15) is 79.6 Å². The van der Waals surface area contributed by atoms with Crippen LogP contribution in [0.15, 0.2) is 0 Å². The van der Waals surface area contributed by atoms with Gasteiger partial charge in [0.15, 0.2) is 11.9 Å². The van der Waals surface area contributed by atoms with Crippen molar-refractivity contribution in [3.05, 3.63) is 0 Å². The van der Waals surface area contributed by atoms with Gasteiger partial charge in [-0.3, -0.25) is 14.4 Å². The van der Waals surface area contributed by atoms with E-state index in [2.05, 4.69) is 17.6 Å². The molecule has 13 heteroatoms. The quantitative estimate of drug-likeness (QED) is 0.205. The molecule has 1 spiro atoms. The van der Waals surface area contributed by atoms with Gasteiger partial charge in [-0.2, -0.15) is 0 Å². The standard InChI is InChI=1S/C28H44N2O11/c1-14(2)12-19(23(34)30-20(13-31)24(35)36)29-21(32)8-9-22(33)37-25-16(4)18-7-6-15(3)17-10-11-27(5)39-26(38-25)28(17,18)41-40-27/h14-20,25-26,31H,6-13H2,1-5H3,(H,29,32)(H,30,34)(H,35,36)/t15-,16+,17+,18-,19+,20+,25-,26+,27-,28-/m1/s1. The summed E-state index contributed by atoms with van der Waals surface area (Å²) in [5.74, 6) is -3.92. The van der Waals surface area contributed by atoms with Gasteiger partial charge in [-0.05, 0) is 50.4 Å². The van der Waals surface area contributed by atoms with E-state index in [1.165, 1.54) is 0 Å². The first-order valence-corrected chi connectivity index (χ1v) is 14.6. The molecular weight excluding hydrogens is 540 g/mol. The number of aliphatic carboxylic acids is 1. The highest BCUT2D eigenvalue weighted by Gasteiger charge is 2.69. The Balaban J connectivity index is 1.35. The lowest BCUT2D eigenvalue weighted by Crippen LogP contribution is -2.70. The van der Waals surface area contributed by atoms with Crippen molar-refractivity contribution in [3.8, 4) is 0 Å². The van der Waals surface area contributed by atoms with Crippen LogP contribution in [0, 0.1) is 29.6 Å². The fourth-order valence-electron chi connectivity index (χ4n) is 6.84. The molecule has 4 saturated heterocycles. The number of aliphatic hydroxyl groups is 1. The monoisotopic (exact) mass is 584 g/mol. The maximum atomic E-state index is 12.8. The first kappa shape index (κ1) is 31.6. The summed E-state index contributed by atoms with van der Waals surface area (Å²) in [6.45, 7) is 8.89. The van der Waals surface area contributed by atoms with Crippen LogP contribution in [-0.2, 0) is 43.2 Å². The minimum atomic E-state index is -1.49. The van der Waals surface area contributed by atoms with Crippen molar-refractivity contribution < 1.29 is 53.4 Å². The van der Waals surface area contributed by atoms with E-state index in [1.54, 1.807) is 0 Å². The topological polar surface area (TPSA) is 179 Å². The average molecular weight is 585 g/mol. The maximum Gasteiger partial charge on any atom is 0.328 e. The van der Waals surface area contributed by atoms with Crippen molar-refractivity contribution in [2.45, 2.75) is 116 Å². The van der Waals surface area contributed by atoms with Crippen LogP contribution in [0.5, 0.6) is 0 Å². The zero-order valence-electron chi connectivity index (χ0n) is 24.4. The van der Waals surface area contributed by atoms with Crippen LogP contribution < -0.4 is 10.6 Å². The van der Waals surface area contributed by atoms with Gasteiger partial charge in [-0.1, -0.05) is 27.7 Å². The Bertz CT molecular complexity index is 1010. The molecular formula is C28H44N2O11. The predicted octanol–water partition coefficient (Wildman–Crippen LogP) is 1.61. The van der Waals surface area contributed by atoms with Crippen molar-refractivity contribution in [1.82, 2.24) is 10.6 Å².